The fraction of sp³-hybridized carbons (Fsp3) is 0.579. The Morgan fingerprint density at radius 1 is 1.09 bits per heavy atom. The van der Waals surface area contributed by atoms with Gasteiger partial charge in [-0.1, -0.05) is 10.4 Å². The number of halogens is 2. The second-order valence-corrected chi connectivity index (χ2v) is 14.1. The molecule has 0 amide bonds. The van der Waals surface area contributed by atoms with Crippen LogP contribution in [0.1, 0.15) is 18.9 Å². The summed E-state index contributed by atoms with van der Waals surface area (Å²) in [5.41, 5.74) is 8.48. The number of nitrogen functional groups attached to an aromatic ring is 2. The van der Waals surface area contributed by atoms with E-state index in [4.69, 9.17) is 41.8 Å². The molecule has 10 atom stereocenters. The molecule has 45 heavy (non-hydrogen) atoms. The van der Waals surface area contributed by atoms with E-state index >= 15 is 8.78 Å². The molecule has 6 rings (SSSR count). The van der Waals surface area contributed by atoms with Gasteiger partial charge in [0.05, 0.1) is 12.7 Å². The van der Waals surface area contributed by atoms with E-state index < -0.39 is 82.3 Å². The van der Waals surface area contributed by atoms with Gasteiger partial charge in [-0.25, -0.2) is 18.7 Å². The quantitative estimate of drug-likeness (QED) is 0.103. The Labute approximate surface area is 254 Å². The second kappa shape index (κ2) is 12.1. The number of aromatic amines is 1. The molecule has 242 valence electrons. The zero-order chi connectivity index (χ0) is 32.2. The second-order valence-electron chi connectivity index (χ2n) is 9.81. The summed E-state index contributed by atoms with van der Waals surface area (Å²) in [5, 5.41) is 24.6. The van der Waals surface area contributed by atoms with Gasteiger partial charge in [0.25, 0.3) is 5.56 Å². The van der Waals surface area contributed by atoms with Crippen LogP contribution in [0, 0.1) is 0 Å². The number of aromatic nitrogens is 10. The molecule has 0 bridgehead atoms. The normalized spacial score (nSPS) is 30.3. The summed E-state index contributed by atoms with van der Waals surface area (Å²) in [7, 11) is -3.36. The molecule has 0 radical (unpaired) electrons. The zero-order valence-corrected chi connectivity index (χ0v) is 25.0. The van der Waals surface area contributed by atoms with Crippen LogP contribution >= 0.6 is 14.7 Å². The van der Waals surface area contributed by atoms with Crippen LogP contribution in [0.4, 0.5) is 20.5 Å². The number of fused-ring (bicyclic) bond motifs is 2. The van der Waals surface area contributed by atoms with E-state index in [0.29, 0.717) is 0 Å². The first-order valence-electron chi connectivity index (χ1n) is 12.8. The summed E-state index contributed by atoms with van der Waals surface area (Å²) in [4.78, 5) is 47.1. The first-order valence-corrected chi connectivity index (χ1v) is 16.7. The van der Waals surface area contributed by atoms with Crippen LogP contribution in [-0.4, -0.2) is 114 Å². The van der Waals surface area contributed by atoms with Crippen LogP contribution in [-0.2, 0) is 34.9 Å². The first-order chi connectivity index (χ1) is 21.4. The lowest BCUT2D eigenvalue weighted by molar-refractivity contribution is -0.0458. The predicted molar refractivity (Wildman–Crippen MR) is 148 cm³/mol. The number of aliphatic hydroxyl groups excluding tert-OH is 1. The molecule has 2 saturated heterocycles. The van der Waals surface area contributed by atoms with Crippen LogP contribution in [0.2, 0.25) is 0 Å². The summed E-state index contributed by atoms with van der Waals surface area (Å²) in [6.07, 6.45) is -11.1. The van der Waals surface area contributed by atoms with Crippen molar-refractivity contribution in [1.82, 2.24) is 49.9 Å². The molecule has 2 fully saturated rings. The molecular weight excluding hydrogens is 672 g/mol. The van der Waals surface area contributed by atoms with Crippen LogP contribution in [0.25, 0.3) is 22.3 Å². The van der Waals surface area contributed by atoms with Gasteiger partial charge in [-0.3, -0.25) is 9.78 Å². The Kier molecular flexibility index (Phi) is 8.54. The van der Waals surface area contributed by atoms with Crippen molar-refractivity contribution in [2.45, 2.75) is 55.2 Å². The average molecular weight is 695 g/mol. The lowest BCUT2D eigenvalue weighted by Crippen LogP contribution is -2.34. The largest absolute Gasteiger partial charge is 0.695 e. The molecule has 4 aromatic heterocycles. The molecule has 2 unspecified atom stereocenters. The van der Waals surface area contributed by atoms with Crippen LogP contribution in [0.3, 0.4) is 0 Å². The lowest BCUT2D eigenvalue weighted by atomic mass is 10.1. The van der Waals surface area contributed by atoms with Crippen LogP contribution < -0.4 is 17.0 Å². The predicted octanol–water partition coefficient (Wildman–Crippen LogP) is -1.51. The first kappa shape index (κ1) is 31.7. The summed E-state index contributed by atoms with van der Waals surface area (Å²) in [5.74, 6) is -0.367. The lowest BCUT2D eigenvalue weighted by Gasteiger charge is -2.28. The fourth-order valence-corrected chi connectivity index (χ4v) is 8.02. The topological polar surface area (TPSA) is 300 Å². The highest BCUT2D eigenvalue weighted by atomic mass is 32.5. The summed E-state index contributed by atoms with van der Waals surface area (Å²) < 4.78 is 66.9. The standard InChI is InChI=1S/C19H22F2N12O9P2S/c20-7-5(1-2-34)40-18(33-15-10(29-31-33)16(35)27-19(23)26-15)12(7)44(38,45)39-3-6-11(42-43(36)37)8(21)17(41-6)32-14-9(28-30-32)13(22)24-4-25-14/h4-8,11-12,17-18,34H,1-3H2,(H6-,22,23,24,25,26,27,30,31,35,36,37,38,45)/p+1/t5-,6-,7+,8+,11-,12-,17-,18-,44?/m1/s1. The molecule has 0 aliphatic carbocycles. The SMILES string of the molecule is Nc1nc2c(nnn2[C@@H]2O[C@H](CCO)[C@H](F)[C@H]2P(O)(=S)OC[C@H]2O[C@@H](n3nnc4c(N)ncnc43)[C@@H](F)[C@@H]2O[P+](=O)O)c(=O)[nH]1. The average Bonchev–Trinajstić information content (AvgIpc) is 3.73. The van der Waals surface area contributed by atoms with Crippen molar-refractivity contribution in [3.63, 3.8) is 0 Å². The summed E-state index contributed by atoms with van der Waals surface area (Å²) in [6.45, 7) is -5.63. The van der Waals surface area contributed by atoms with Gasteiger partial charge in [-0.2, -0.15) is 14.3 Å². The third kappa shape index (κ3) is 5.67. The smallest absolute Gasteiger partial charge is 0.396 e. The molecule has 0 saturated carbocycles. The van der Waals surface area contributed by atoms with Crippen molar-refractivity contribution >= 4 is 60.6 Å². The maximum absolute atomic E-state index is 15.9. The van der Waals surface area contributed by atoms with Gasteiger partial charge in [0.1, 0.15) is 24.3 Å². The van der Waals surface area contributed by atoms with Crippen molar-refractivity contribution < 1.29 is 46.8 Å². The van der Waals surface area contributed by atoms with Gasteiger partial charge >= 0.3 is 8.25 Å². The van der Waals surface area contributed by atoms with Crippen molar-refractivity contribution in [3.8, 4) is 0 Å². The van der Waals surface area contributed by atoms with E-state index in [0.717, 1.165) is 15.7 Å². The zero-order valence-electron chi connectivity index (χ0n) is 22.3. The van der Waals surface area contributed by atoms with Gasteiger partial charge in [0, 0.05) is 11.2 Å². The Morgan fingerprint density at radius 3 is 2.49 bits per heavy atom. The minimum atomic E-state index is -4.36. The molecule has 2 aliphatic heterocycles. The van der Waals surface area contributed by atoms with Gasteiger partial charge in [-0.05, 0) is 18.2 Å². The number of hydrogen-bond acceptors (Lipinski definition) is 17. The fourth-order valence-electron chi connectivity index (χ4n) is 5.11. The maximum atomic E-state index is 15.9. The molecule has 8 N–H and O–H groups in total. The molecular formula is C19H23F2N12O9P2S+. The van der Waals surface area contributed by atoms with Crippen molar-refractivity contribution in [1.29, 1.82) is 0 Å². The van der Waals surface area contributed by atoms with Gasteiger partial charge < -0.3 is 35.5 Å². The van der Waals surface area contributed by atoms with Gasteiger partial charge in [0.2, 0.25) is 5.95 Å². The van der Waals surface area contributed by atoms with Crippen molar-refractivity contribution in [2.75, 3.05) is 24.7 Å². The maximum Gasteiger partial charge on any atom is 0.695 e. The Hall–Kier alpha value is -3.31. The van der Waals surface area contributed by atoms with E-state index in [1.54, 1.807) is 0 Å². The Morgan fingerprint density at radius 2 is 1.78 bits per heavy atom. The molecule has 2 aliphatic rings. The molecule has 0 aromatic carbocycles. The number of hydrogen-bond donors (Lipinski definition) is 6. The highest BCUT2D eigenvalue weighted by molar-refractivity contribution is 8.09. The Bertz CT molecular complexity index is 1870. The number of nitrogens with two attached hydrogens (primary N) is 2. The van der Waals surface area contributed by atoms with Crippen molar-refractivity contribution in [3.05, 3.63) is 16.7 Å². The minimum Gasteiger partial charge on any atom is -0.396 e. The third-order valence-corrected chi connectivity index (χ3v) is 10.4. The molecule has 4 aromatic rings. The highest BCUT2D eigenvalue weighted by Crippen LogP contribution is 2.59. The number of H-pyrrole nitrogens is 1. The number of anilines is 2. The van der Waals surface area contributed by atoms with E-state index in [-0.39, 0.29) is 40.5 Å². The number of ether oxygens (including phenoxy) is 2. The van der Waals surface area contributed by atoms with E-state index in [1.807, 2.05) is 0 Å². The van der Waals surface area contributed by atoms with Crippen LogP contribution in [0.15, 0.2) is 11.1 Å². The number of alkyl halides is 2. The number of aliphatic hydroxyl groups is 1. The number of rotatable bonds is 10. The van der Waals surface area contributed by atoms with E-state index in [9.17, 15) is 24.3 Å². The molecule has 21 nitrogen and oxygen atoms in total. The van der Waals surface area contributed by atoms with Crippen LogP contribution in [0.5, 0.6) is 0 Å². The number of nitrogens with zero attached hydrogens (tertiary/aromatic N) is 9. The summed E-state index contributed by atoms with van der Waals surface area (Å²) in [6, 6.07) is 0. The van der Waals surface area contributed by atoms with Crippen molar-refractivity contribution in [2.24, 2.45) is 0 Å². The van der Waals surface area contributed by atoms with E-state index in [2.05, 4.69) is 40.6 Å². The number of nitrogens with one attached hydrogen (secondary N) is 1. The summed E-state index contributed by atoms with van der Waals surface area (Å²) >= 11 is 5.35. The van der Waals surface area contributed by atoms with Gasteiger partial charge in [-0.15, -0.1) is 19.6 Å². The van der Waals surface area contributed by atoms with E-state index in [1.165, 1.54) is 0 Å². The molecule has 26 heteroatoms. The minimum absolute atomic E-state index is 0.0228. The van der Waals surface area contributed by atoms with Gasteiger partial charge in [0.15, 0.2) is 59.4 Å². The molecule has 0 spiro atoms. The Balaban J connectivity index is 1.29. The monoisotopic (exact) mass is 695 g/mol. The highest BCUT2D eigenvalue weighted by Gasteiger charge is 2.56. The third-order valence-electron chi connectivity index (χ3n) is 7.11. The molecule has 6 heterocycles.